The molecule has 0 saturated carbocycles. The highest BCUT2D eigenvalue weighted by Gasteiger charge is 2.27. The smallest absolute Gasteiger partial charge is 0.131 e. The fraction of sp³-hybridized carbons (Fsp3) is 0.824. The number of anilines is 1. The van der Waals surface area contributed by atoms with Gasteiger partial charge in [0.05, 0.1) is 5.69 Å². The standard InChI is InChI=1S/C17H32N4/c1-5-9-15-10-7-8-12-21(15)17-16(13-18-11-6-2)14(3)19-20(17)4/h15,18H,5-13H2,1-4H3. The van der Waals surface area contributed by atoms with Crippen LogP contribution >= 0.6 is 0 Å². The van der Waals surface area contributed by atoms with Gasteiger partial charge in [-0.15, -0.1) is 0 Å². The number of aryl methyl sites for hydroxylation is 2. The van der Waals surface area contributed by atoms with Crippen LogP contribution in [0.2, 0.25) is 0 Å². The SMILES string of the molecule is CCCNCc1c(C)nn(C)c1N1CCCCC1CCC. The van der Waals surface area contributed by atoms with E-state index in [2.05, 4.69) is 42.7 Å². The van der Waals surface area contributed by atoms with Crippen molar-refractivity contribution in [2.45, 2.75) is 71.9 Å². The lowest BCUT2D eigenvalue weighted by Gasteiger charge is -2.38. The second-order valence-corrected chi connectivity index (χ2v) is 6.32. The Morgan fingerprint density at radius 1 is 1.24 bits per heavy atom. The highest BCUT2D eigenvalue weighted by Crippen LogP contribution is 2.31. The van der Waals surface area contributed by atoms with E-state index in [9.17, 15) is 0 Å². The van der Waals surface area contributed by atoms with Gasteiger partial charge in [0.25, 0.3) is 0 Å². The van der Waals surface area contributed by atoms with Crippen molar-refractivity contribution >= 4 is 5.82 Å². The van der Waals surface area contributed by atoms with Crippen LogP contribution in [0.1, 0.15) is 63.6 Å². The topological polar surface area (TPSA) is 33.1 Å². The maximum absolute atomic E-state index is 4.69. The predicted molar refractivity (Wildman–Crippen MR) is 89.8 cm³/mol. The molecule has 2 heterocycles. The van der Waals surface area contributed by atoms with Gasteiger partial charge in [-0.1, -0.05) is 20.3 Å². The third-order valence-electron chi connectivity index (χ3n) is 4.56. The van der Waals surface area contributed by atoms with Gasteiger partial charge in [-0.05, 0) is 45.6 Å². The number of rotatable bonds is 7. The van der Waals surface area contributed by atoms with Crippen LogP contribution in [-0.4, -0.2) is 28.9 Å². The molecular weight excluding hydrogens is 260 g/mol. The average molecular weight is 292 g/mol. The fourth-order valence-corrected chi connectivity index (χ4v) is 3.56. The zero-order valence-electron chi connectivity index (χ0n) is 14.3. The molecule has 1 atom stereocenters. The lowest BCUT2D eigenvalue weighted by atomic mass is 9.97. The summed E-state index contributed by atoms with van der Waals surface area (Å²) in [4.78, 5) is 2.63. The fourth-order valence-electron chi connectivity index (χ4n) is 3.56. The van der Waals surface area contributed by atoms with Gasteiger partial charge in [0, 0.05) is 31.7 Å². The van der Waals surface area contributed by atoms with E-state index >= 15 is 0 Å². The molecule has 0 bridgehead atoms. The quantitative estimate of drug-likeness (QED) is 0.782. The van der Waals surface area contributed by atoms with Gasteiger partial charge >= 0.3 is 0 Å². The van der Waals surface area contributed by atoms with Crippen molar-refractivity contribution in [3.05, 3.63) is 11.3 Å². The van der Waals surface area contributed by atoms with Crippen LogP contribution in [0.4, 0.5) is 5.82 Å². The molecule has 4 nitrogen and oxygen atoms in total. The molecule has 1 aliphatic rings. The average Bonchev–Trinajstić information content (AvgIpc) is 2.75. The summed E-state index contributed by atoms with van der Waals surface area (Å²) in [7, 11) is 2.10. The number of piperidine rings is 1. The van der Waals surface area contributed by atoms with Gasteiger partial charge in [-0.2, -0.15) is 5.10 Å². The molecular formula is C17H32N4. The molecule has 0 amide bonds. The monoisotopic (exact) mass is 292 g/mol. The Hall–Kier alpha value is -1.03. The third kappa shape index (κ3) is 3.79. The van der Waals surface area contributed by atoms with Gasteiger partial charge in [-0.25, -0.2) is 0 Å². The molecule has 120 valence electrons. The minimum atomic E-state index is 0.698. The summed E-state index contributed by atoms with van der Waals surface area (Å²) in [6.45, 7) is 9.86. The first-order valence-electron chi connectivity index (χ1n) is 8.68. The first-order valence-corrected chi connectivity index (χ1v) is 8.68. The normalized spacial score (nSPS) is 19.2. The third-order valence-corrected chi connectivity index (χ3v) is 4.56. The Balaban J connectivity index is 2.23. The second kappa shape index (κ2) is 7.83. The van der Waals surface area contributed by atoms with E-state index in [1.54, 1.807) is 0 Å². The van der Waals surface area contributed by atoms with Crippen LogP contribution in [0.15, 0.2) is 0 Å². The highest BCUT2D eigenvalue weighted by atomic mass is 15.4. The van der Waals surface area contributed by atoms with E-state index < -0.39 is 0 Å². The van der Waals surface area contributed by atoms with Gasteiger partial charge < -0.3 is 10.2 Å². The zero-order chi connectivity index (χ0) is 15.2. The Morgan fingerprint density at radius 3 is 2.76 bits per heavy atom. The molecule has 1 aromatic rings. The molecule has 0 spiro atoms. The molecule has 0 aromatic carbocycles. The van der Waals surface area contributed by atoms with E-state index in [-0.39, 0.29) is 0 Å². The Bertz CT molecular complexity index is 436. The minimum absolute atomic E-state index is 0.698. The minimum Gasteiger partial charge on any atom is -0.354 e. The van der Waals surface area contributed by atoms with Crippen LogP contribution in [0, 0.1) is 6.92 Å². The van der Waals surface area contributed by atoms with Crippen molar-refractivity contribution < 1.29 is 0 Å². The maximum Gasteiger partial charge on any atom is 0.131 e. The molecule has 2 rings (SSSR count). The van der Waals surface area contributed by atoms with Gasteiger partial charge in [-0.3, -0.25) is 4.68 Å². The lowest BCUT2D eigenvalue weighted by Crippen LogP contribution is -2.41. The lowest BCUT2D eigenvalue weighted by molar-refractivity contribution is 0.425. The summed E-state index contributed by atoms with van der Waals surface area (Å²) in [5.74, 6) is 1.36. The van der Waals surface area contributed by atoms with Crippen molar-refractivity contribution in [3.8, 4) is 0 Å². The Kier molecular flexibility index (Phi) is 6.09. The molecule has 1 aliphatic heterocycles. The first kappa shape index (κ1) is 16.3. The Morgan fingerprint density at radius 2 is 2.05 bits per heavy atom. The van der Waals surface area contributed by atoms with Crippen molar-refractivity contribution in [1.29, 1.82) is 0 Å². The molecule has 0 radical (unpaired) electrons. The summed E-state index contributed by atoms with van der Waals surface area (Å²) in [5.41, 5.74) is 2.57. The van der Waals surface area contributed by atoms with E-state index in [4.69, 9.17) is 5.10 Å². The van der Waals surface area contributed by atoms with Gasteiger partial charge in [0.15, 0.2) is 0 Å². The number of hydrogen-bond acceptors (Lipinski definition) is 3. The predicted octanol–water partition coefficient (Wildman–Crippen LogP) is 3.39. The van der Waals surface area contributed by atoms with Crippen molar-refractivity contribution in [2.75, 3.05) is 18.0 Å². The second-order valence-electron chi connectivity index (χ2n) is 6.32. The summed E-state index contributed by atoms with van der Waals surface area (Å²) >= 11 is 0. The summed E-state index contributed by atoms with van der Waals surface area (Å²) in [6, 6.07) is 0.698. The summed E-state index contributed by atoms with van der Waals surface area (Å²) < 4.78 is 2.10. The largest absolute Gasteiger partial charge is 0.354 e. The number of nitrogens with one attached hydrogen (secondary N) is 1. The summed E-state index contributed by atoms with van der Waals surface area (Å²) in [5, 5.41) is 8.25. The molecule has 1 unspecified atom stereocenters. The van der Waals surface area contributed by atoms with Crippen LogP contribution in [0.3, 0.4) is 0 Å². The zero-order valence-corrected chi connectivity index (χ0v) is 14.3. The van der Waals surface area contributed by atoms with E-state index in [0.29, 0.717) is 6.04 Å². The molecule has 4 heteroatoms. The van der Waals surface area contributed by atoms with E-state index in [1.165, 1.54) is 62.1 Å². The highest BCUT2D eigenvalue weighted by molar-refractivity contribution is 5.51. The number of nitrogens with zero attached hydrogens (tertiary/aromatic N) is 3. The first-order chi connectivity index (χ1) is 10.2. The molecule has 1 aromatic heterocycles. The van der Waals surface area contributed by atoms with Crippen LogP contribution in [-0.2, 0) is 13.6 Å². The maximum atomic E-state index is 4.69. The van der Waals surface area contributed by atoms with Crippen LogP contribution in [0.5, 0.6) is 0 Å². The number of hydrogen-bond donors (Lipinski definition) is 1. The molecule has 1 fully saturated rings. The molecule has 1 saturated heterocycles. The Labute approximate surface area is 129 Å². The van der Waals surface area contributed by atoms with Crippen molar-refractivity contribution in [3.63, 3.8) is 0 Å². The molecule has 21 heavy (non-hydrogen) atoms. The summed E-state index contributed by atoms with van der Waals surface area (Å²) in [6.07, 6.45) is 7.76. The van der Waals surface area contributed by atoms with Gasteiger partial charge in [0.2, 0.25) is 0 Å². The van der Waals surface area contributed by atoms with Crippen LogP contribution in [0.25, 0.3) is 0 Å². The molecule has 1 N–H and O–H groups in total. The molecule has 0 aliphatic carbocycles. The van der Waals surface area contributed by atoms with E-state index in [0.717, 1.165) is 13.1 Å². The van der Waals surface area contributed by atoms with Crippen molar-refractivity contribution in [2.24, 2.45) is 7.05 Å². The van der Waals surface area contributed by atoms with E-state index in [1.807, 2.05) is 0 Å². The number of aromatic nitrogens is 2. The van der Waals surface area contributed by atoms with Crippen molar-refractivity contribution in [1.82, 2.24) is 15.1 Å². The van der Waals surface area contributed by atoms with Crippen LogP contribution < -0.4 is 10.2 Å². The van der Waals surface area contributed by atoms with Gasteiger partial charge in [0.1, 0.15) is 5.82 Å².